The van der Waals surface area contributed by atoms with E-state index in [1.54, 1.807) is 11.3 Å². The second-order valence-electron chi connectivity index (χ2n) is 5.12. The highest BCUT2D eigenvalue weighted by Crippen LogP contribution is 2.16. The number of halogens is 1. The van der Waals surface area contributed by atoms with Crippen LogP contribution in [0.1, 0.15) is 18.2 Å². The van der Waals surface area contributed by atoms with Gasteiger partial charge in [0.25, 0.3) is 0 Å². The third-order valence-corrected chi connectivity index (χ3v) is 4.47. The van der Waals surface area contributed by atoms with Crippen molar-refractivity contribution in [2.75, 3.05) is 6.54 Å². The van der Waals surface area contributed by atoms with Gasteiger partial charge in [-0.25, -0.2) is 4.98 Å². The molecular weight excluding hydrogens is 302 g/mol. The van der Waals surface area contributed by atoms with Crippen molar-refractivity contribution < 1.29 is 0 Å². The molecule has 0 amide bonds. The van der Waals surface area contributed by atoms with Gasteiger partial charge in [-0.3, -0.25) is 4.40 Å². The summed E-state index contributed by atoms with van der Waals surface area (Å²) in [5.74, 6) is 0. The molecule has 2 heterocycles. The summed E-state index contributed by atoms with van der Waals surface area (Å²) in [4.78, 5) is 5.73. The van der Waals surface area contributed by atoms with Crippen LogP contribution in [0.4, 0.5) is 0 Å². The zero-order chi connectivity index (χ0) is 14.7. The molecule has 0 aliphatic rings. The number of nitrogens with zero attached hydrogens (tertiary/aromatic N) is 2. The molecule has 0 bridgehead atoms. The predicted molar refractivity (Wildman–Crippen MR) is 89.4 cm³/mol. The fourth-order valence-electron chi connectivity index (χ4n) is 2.58. The summed E-state index contributed by atoms with van der Waals surface area (Å²) in [6, 6.07) is 8.46. The highest BCUT2D eigenvalue weighted by Gasteiger charge is 2.12. The lowest BCUT2D eigenvalue weighted by Crippen LogP contribution is -2.33. The second-order valence-corrected chi connectivity index (χ2v) is 6.43. The van der Waals surface area contributed by atoms with E-state index in [2.05, 4.69) is 45.5 Å². The maximum absolute atomic E-state index is 6.07. The molecule has 1 N–H and O–H groups in total. The quantitative estimate of drug-likeness (QED) is 0.748. The number of rotatable bonds is 6. The van der Waals surface area contributed by atoms with Crippen LogP contribution in [0.5, 0.6) is 0 Å². The van der Waals surface area contributed by atoms with Gasteiger partial charge < -0.3 is 5.32 Å². The van der Waals surface area contributed by atoms with Crippen LogP contribution in [0.15, 0.2) is 42.0 Å². The van der Waals surface area contributed by atoms with Crippen LogP contribution >= 0.6 is 22.9 Å². The van der Waals surface area contributed by atoms with Crippen LogP contribution in [-0.2, 0) is 12.8 Å². The van der Waals surface area contributed by atoms with Gasteiger partial charge in [0.2, 0.25) is 0 Å². The monoisotopic (exact) mass is 319 g/mol. The summed E-state index contributed by atoms with van der Waals surface area (Å²) >= 11 is 7.74. The molecule has 110 valence electrons. The molecule has 0 saturated heterocycles. The number of benzene rings is 1. The zero-order valence-corrected chi connectivity index (χ0v) is 13.5. The molecule has 0 saturated carbocycles. The van der Waals surface area contributed by atoms with Gasteiger partial charge in [0, 0.05) is 35.3 Å². The van der Waals surface area contributed by atoms with Crippen molar-refractivity contribution in [1.82, 2.24) is 14.7 Å². The lowest BCUT2D eigenvalue weighted by Gasteiger charge is -2.17. The van der Waals surface area contributed by atoms with Crippen molar-refractivity contribution in [3.63, 3.8) is 0 Å². The number of likely N-dealkylation sites (N-methyl/N-ethyl adjacent to an activating group) is 1. The van der Waals surface area contributed by atoms with Crippen molar-refractivity contribution in [3.8, 4) is 0 Å². The Morgan fingerprint density at radius 2 is 2.29 bits per heavy atom. The van der Waals surface area contributed by atoms with Crippen molar-refractivity contribution >= 4 is 27.9 Å². The van der Waals surface area contributed by atoms with E-state index in [0.29, 0.717) is 6.04 Å². The van der Waals surface area contributed by atoms with Crippen molar-refractivity contribution in [3.05, 3.63) is 58.3 Å². The lowest BCUT2D eigenvalue weighted by molar-refractivity contribution is 0.517. The molecule has 5 heteroatoms. The number of hydrogen-bond donors (Lipinski definition) is 1. The fraction of sp³-hybridized carbons (Fsp3) is 0.312. The van der Waals surface area contributed by atoms with E-state index in [4.69, 9.17) is 11.6 Å². The SMILES string of the molecule is CCNC(Cc1cccc(Cl)c1)Cc1cn2ccsc2n1. The minimum atomic E-state index is 0.373. The van der Waals surface area contributed by atoms with Gasteiger partial charge in [0.05, 0.1) is 5.69 Å². The maximum atomic E-state index is 6.07. The Bertz CT molecular complexity index is 690. The van der Waals surface area contributed by atoms with Crippen molar-refractivity contribution in [1.29, 1.82) is 0 Å². The molecular formula is C16H18ClN3S. The second kappa shape index (κ2) is 6.60. The summed E-state index contributed by atoms with van der Waals surface area (Å²) in [6.07, 6.45) is 6.05. The Morgan fingerprint density at radius 3 is 3.05 bits per heavy atom. The first kappa shape index (κ1) is 14.6. The highest BCUT2D eigenvalue weighted by molar-refractivity contribution is 7.15. The summed E-state index contributed by atoms with van der Waals surface area (Å²) in [7, 11) is 0. The van der Waals surface area contributed by atoms with Crippen LogP contribution in [0.25, 0.3) is 4.96 Å². The van der Waals surface area contributed by atoms with Gasteiger partial charge in [-0.1, -0.05) is 30.7 Å². The molecule has 2 aromatic heterocycles. The first-order chi connectivity index (χ1) is 10.2. The van der Waals surface area contributed by atoms with Gasteiger partial charge >= 0.3 is 0 Å². The molecule has 0 radical (unpaired) electrons. The van der Waals surface area contributed by atoms with E-state index < -0.39 is 0 Å². The number of aromatic nitrogens is 2. The van der Waals surface area contributed by atoms with Crippen molar-refractivity contribution in [2.24, 2.45) is 0 Å². The topological polar surface area (TPSA) is 29.3 Å². The summed E-state index contributed by atoms with van der Waals surface area (Å²) in [5.41, 5.74) is 2.39. The molecule has 1 atom stereocenters. The minimum Gasteiger partial charge on any atom is -0.314 e. The zero-order valence-electron chi connectivity index (χ0n) is 11.9. The molecule has 3 aromatic rings. The van der Waals surface area contributed by atoms with Gasteiger partial charge in [0.15, 0.2) is 4.96 Å². The molecule has 1 unspecified atom stereocenters. The molecule has 3 nitrogen and oxygen atoms in total. The van der Waals surface area contributed by atoms with Crippen LogP contribution in [-0.4, -0.2) is 22.0 Å². The Labute approximate surface area is 133 Å². The van der Waals surface area contributed by atoms with E-state index >= 15 is 0 Å². The molecule has 3 rings (SSSR count). The smallest absolute Gasteiger partial charge is 0.193 e. The molecule has 0 aliphatic heterocycles. The summed E-state index contributed by atoms with van der Waals surface area (Å²) < 4.78 is 2.09. The Morgan fingerprint density at radius 1 is 1.38 bits per heavy atom. The van der Waals surface area contributed by atoms with E-state index in [1.807, 2.05) is 18.2 Å². The number of imidazole rings is 1. The van der Waals surface area contributed by atoms with Gasteiger partial charge in [-0.2, -0.15) is 0 Å². The Balaban J connectivity index is 1.73. The predicted octanol–water partition coefficient (Wildman–Crippen LogP) is 3.81. The number of fused-ring (bicyclic) bond motifs is 1. The van der Waals surface area contributed by atoms with Crippen LogP contribution in [0.3, 0.4) is 0 Å². The average molecular weight is 320 g/mol. The van der Waals surface area contributed by atoms with Gasteiger partial charge in [-0.05, 0) is 30.7 Å². The Kier molecular flexibility index (Phi) is 4.58. The molecule has 21 heavy (non-hydrogen) atoms. The highest BCUT2D eigenvalue weighted by atomic mass is 35.5. The van der Waals surface area contributed by atoms with Crippen LogP contribution < -0.4 is 5.32 Å². The summed E-state index contributed by atoms with van der Waals surface area (Å²) in [6.45, 7) is 3.09. The van der Waals surface area contributed by atoms with E-state index in [0.717, 1.165) is 35.1 Å². The van der Waals surface area contributed by atoms with E-state index in [1.165, 1.54) is 5.56 Å². The Hall–Kier alpha value is -1.36. The maximum Gasteiger partial charge on any atom is 0.193 e. The van der Waals surface area contributed by atoms with Crippen LogP contribution in [0, 0.1) is 0 Å². The average Bonchev–Trinajstić information content (AvgIpc) is 3.00. The van der Waals surface area contributed by atoms with Gasteiger partial charge in [-0.15, -0.1) is 11.3 Å². The third-order valence-electron chi connectivity index (χ3n) is 3.46. The van der Waals surface area contributed by atoms with E-state index in [-0.39, 0.29) is 0 Å². The molecule has 0 spiro atoms. The number of thiazole rings is 1. The fourth-order valence-corrected chi connectivity index (χ4v) is 3.51. The van der Waals surface area contributed by atoms with Crippen molar-refractivity contribution in [2.45, 2.75) is 25.8 Å². The first-order valence-corrected chi connectivity index (χ1v) is 8.39. The first-order valence-electron chi connectivity index (χ1n) is 7.13. The lowest BCUT2D eigenvalue weighted by atomic mass is 10.0. The minimum absolute atomic E-state index is 0.373. The molecule has 1 aromatic carbocycles. The van der Waals surface area contributed by atoms with Gasteiger partial charge in [0.1, 0.15) is 0 Å². The number of hydrogen-bond acceptors (Lipinski definition) is 3. The molecule has 0 aliphatic carbocycles. The third kappa shape index (κ3) is 3.64. The largest absolute Gasteiger partial charge is 0.314 e. The van der Waals surface area contributed by atoms with E-state index in [9.17, 15) is 0 Å². The standard InChI is InChI=1S/C16H18ClN3S/c1-2-18-14(9-12-4-3-5-13(17)8-12)10-15-11-20-6-7-21-16(20)19-15/h3-8,11,14,18H,2,9-10H2,1H3. The number of nitrogens with one attached hydrogen (secondary N) is 1. The normalized spacial score (nSPS) is 12.9. The summed E-state index contributed by atoms with van der Waals surface area (Å²) in [5, 5.41) is 6.40. The molecule has 0 fully saturated rings. The van der Waals surface area contributed by atoms with Crippen LogP contribution in [0.2, 0.25) is 5.02 Å².